The highest BCUT2D eigenvalue weighted by Gasteiger charge is 2.27. The molecule has 162 valence electrons. The summed E-state index contributed by atoms with van der Waals surface area (Å²) in [5, 5.41) is 6.95. The van der Waals surface area contributed by atoms with Gasteiger partial charge in [-0.25, -0.2) is 0 Å². The number of hydrogen-bond acceptors (Lipinski definition) is 4. The molecule has 0 aliphatic carbocycles. The van der Waals surface area contributed by atoms with Crippen LogP contribution in [0.1, 0.15) is 26.2 Å². The van der Waals surface area contributed by atoms with Crippen molar-refractivity contribution in [1.82, 2.24) is 15.5 Å². The predicted octanol–water partition coefficient (Wildman–Crippen LogP) is 2.32. The van der Waals surface area contributed by atoms with Crippen molar-refractivity contribution in [3.8, 4) is 5.75 Å². The number of nitrogens with zero attached hydrogens (tertiary/aromatic N) is 3. The van der Waals surface area contributed by atoms with E-state index in [1.165, 1.54) is 5.69 Å². The minimum absolute atomic E-state index is 0. The van der Waals surface area contributed by atoms with E-state index in [9.17, 15) is 4.79 Å². The van der Waals surface area contributed by atoms with Crippen molar-refractivity contribution in [3.63, 3.8) is 0 Å². The summed E-state index contributed by atoms with van der Waals surface area (Å²) < 4.78 is 5.50. The van der Waals surface area contributed by atoms with Crippen LogP contribution in [0.15, 0.2) is 29.3 Å². The zero-order valence-electron chi connectivity index (χ0n) is 17.7. The molecule has 2 aliphatic rings. The summed E-state index contributed by atoms with van der Waals surface area (Å²) in [4.78, 5) is 20.5. The lowest BCUT2D eigenvalue weighted by Gasteiger charge is -2.22. The van der Waals surface area contributed by atoms with Crippen LogP contribution in [0, 0.1) is 5.92 Å². The Hall–Kier alpha value is -1.71. The monoisotopic (exact) mass is 515 g/mol. The summed E-state index contributed by atoms with van der Waals surface area (Å²) in [6.45, 7) is 6.44. The van der Waals surface area contributed by atoms with Crippen LogP contribution in [0.25, 0.3) is 0 Å². The van der Waals surface area contributed by atoms with Crippen LogP contribution in [0.2, 0.25) is 0 Å². The van der Waals surface area contributed by atoms with Crippen LogP contribution < -0.4 is 20.3 Å². The fourth-order valence-electron chi connectivity index (χ4n) is 4.07. The number of aliphatic imine (C=N–C) groups is 1. The number of amides is 1. The summed E-state index contributed by atoms with van der Waals surface area (Å²) in [5.41, 5.74) is 1.17. The van der Waals surface area contributed by atoms with Gasteiger partial charge in [-0.1, -0.05) is 19.1 Å². The maximum absolute atomic E-state index is 11.8. The lowest BCUT2D eigenvalue weighted by Crippen LogP contribution is -2.46. The van der Waals surface area contributed by atoms with Crippen molar-refractivity contribution < 1.29 is 9.53 Å². The number of likely N-dealkylation sites (tertiary alicyclic amines) is 1. The third-order valence-corrected chi connectivity index (χ3v) is 5.68. The lowest BCUT2D eigenvalue weighted by molar-refractivity contribution is -0.129. The molecule has 2 fully saturated rings. The van der Waals surface area contributed by atoms with E-state index >= 15 is 0 Å². The van der Waals surface area contributed by atoms with Gasteiger partial charge in [-0.05, 0) is 30.9 Å². The van der Waals surface area contributed by atoms with Crippen molar-refractivity contribution >= 4 is 41.5 Å². The standard InChI is InChI=1S/C21H33N5O2.HI/c1-4-20(27)26-12-10-17(15-26)24-21(22-2)23-13-16-9-11-25(14-16)18-7-5-6-8-19(18)28-3;/h5-8,16-17H,4,9-15H2,1-3H3,(H2,22,23,24);1H. The van der Waals surface area contributed by atoms with Crippen molar-refractivity contribution in [3.05, 3.63) is 24.3 Å². The average molecular weight is 515 g/mol. The first kappa shape index (κ1) is 23.6. The molecule has 8 heteroatoms. The van der Waals surface area contributed by atoms with Crippen LogP contribution in [-0.2, 0) is 4.79 Å². The molecule has 2 heterocycles. The number of rotatable bonds is 6. The van der Waals surface area contributed by atoms with Crippen LogP contribution in [0.4, 0.5) is 5.69 Å². The summed E-state index contributed by atoms with van der Waals surface area (Å²) >= 11 is 0. The number of hydrogen-bond donors (Lipinski definition) is 2. The number of benzene rings is 1. The van der Waals surface area contributed by atoms with Gasteiger partial charge in [0.2, 0.25) is 5.91 Å². The number of methoxy groups -OCH3 is 1. The Balaban J connectivity index is 0.00000300. The molecule has 0 aromatic heterocycles. The largest absolute Gasteiger partial charge is 0.495 e. The van der Waals surface area contributed by atoms with E-state index in [4.69, 9.17) is 4.74 Å². The number of guanidine groups is 1. The molecule has 2 unspecified atom stereocenters. The molecule has 1 amide bonds. The van der Waals surface area contributed by atoms with Gasteiger partial charge in [0.15, 0.2) is 5.96 Å². The fraction of sp³-hybridized carbons (Fsp3) is 0.619. The maximum Gasteiger partial charge on any atom is 0.222 e. The average Bonchev–Trinajstić information content (AvgIpc) is 3.40. The number of carbonyl (C=O) groups is 1. The maximum atomic E-state index is 11.8. The van der Waals surface area contributed by atoms with E-state index in [1.807, 2.05) is 24.0 Å². The fourth-order valence-corrected chi connectivity index (χ4v) is 4.07. The van der Waals surface area contributed by atoms with Gasteiger partial charge in [-0.2, -0.15) is 0 Å². The van der Waals surface area contributed by atoms with E-state index < -0.39 is 0 Å². The second-order valence-electron chi connectivity index (χ2n) is 7.55. The normalized spacial score (nSPS) is 21.7. The molecule has 0 radical (unpaired) electrons. The smallest absolute Gasteiger partial charge is 0.222 e. The Bertz CT molecular complexity index is 699. The molecule has 2 N–H and O–H groups in total. The molecule has 0 bridgehead atoms. The molecule has 3 rings (SSSR count). The van der Waals surface area contributed by atoms with Crippen LogP contribution >= 0.6 is 24.0 Å². The molecule has 7 nitrogen and oxygen atoms in total. The first-order chi connectivity index (χ1) is 13.6. The van der Waals surface area contributed by atoms with E-state index in [-0.39, 0.29) is 35.9 Å². The van der Waals surface area contributed by atoms with E-state index in [0.717, 1.165) is 57.3 Å². The van der Waals surface area contributed by atoms with Crippen molar-refractivity contribution in [2.75, 3.05) is 51.8 Å². The van der Waals surface area contributed by atoms with E-state index in [2.05, 4.69) is 32.7 Å². The molecule has 0 spiro atoms. The molecule has 29 heavy (non-hydrogen) atoms. The molecule has 2 saturated heterocycles. The van der Waals surface area contributed by atoms with Crippen molar-refractivity contribution in [1.29, 1.82) is 0 Å². The van der Waals surface area contributed by atoms with Gasteiger partial charge in [0.25, 0.3) is 0 Å². The number of carbonyl (C=O) groups excluding carboxylic acids is 1. The minimum atomic E-state index is 0. The lowest BCUT2D eigenvalue weighted by atomic mass is 10.1. The Kier molecular flexibility index (Phi) is 9.32. The second-order valence-corrected chi connectivity index (χ2v) is 7.55. The van der Waals surface area contributed by atoms with Gasteiger partial charge in [0.1, 0.15) is 5.75 Å². The molecule has 1 aromatic rings. The SMILES string of the molecule is CCC(=O)N1CCC(NC(=NC)NCC2CCN(c3ccccc3OC)C2)C1.I. The topological polar surface area (TPSA) is 69.2 Å². The summed E-state index contributed by atoms with van der Waals surface area (Å²) in [7, 11) is 3.52. The third-order valence-electron chi connectivity index (χ3n) is 5.68. The molecule has 2 aliphatic heterocycles. The molecular weight excluding hydrogens is 481 g/mol. The van der Waals surface area contributed by atoms with Gasteiger partial charge >= 0.3 is 0 Å². The van der Waals surface area contributed by atoms with Gasteiger partial charge in [-0.3, -0.25) is 9.79 Å². The highest BCUT2D eigenvalue weighted by molar-refractivity contribution is 14.0. The number of anilines is 1. The highest BCUT2D eigenvalue weighted by Crippen LogP contribution is 2.31. The highest BCUT2D eigenvalue weighted by atomic mass is 127. The molecular formula is C21H34IN5O2. The van der Waals surface area contributed by atoms with Gasteiger partial charge in [0.05, 0.1) is 12.8 Å². The van der Waals surface area contributed by atoms with Gasteiger partial charge in [0, 0.05) is 52.2 Å². The molecule has 1 aromatic carbocycles. The number of para-hydroxylation sites is 2. The van der Waals surface area contributed by atoms with Crippen LogP contribution in [0.3, 0.4) is 0 Å². The van der Waals surface area contributed by atoms with Crippen LogP contribution in [0.5, 0.6) is 5.75 Å². The zero-order valence-corrected chi connectivity index (χ0v) is 20.0. The Morgan fingerprint density at radius 1 is 1.24 bits per heavy atom. The minimum Gasteiger partial charge on any atom is -0.495 e. The number of ether oxygens (including phenoxy) is 1. The van der Waals surface area contributed by atoms with Crippen LogP contribution in [-0.4, -0.2) is 69.7 Å². The first-order valence-corrected chi connectivity index (χ1v) is 10.3. The first-order valence-electron chi connectivity index (χ1n) is 10.3. The predicted molar refractivity (Wildman–Crippen MR) is 129 cm³/mol. The Labute approximate surface area is 191 Å². The second kappa shape index (κ2) is 11.5. The third kappa shape index (κ3) is 6.13. The Morgan fingerprint density at radius 3 is 2.76 bits per heavy atom. The summed E-state index contributed by atoms with van der Waals surface area (Å²) in [6.07, 6.45) is 2.69. The summed E-state index contributed by atoms with van der Waals surface area (Å²) in [6, 6.07) is 8.48. The van der Waals surface area contributed by atoms with E-state index in [1.54, 1.807) is 14.2 Å². The zero-order chi connectivity index (χ0) is 19.9. The van der Waals surface area contributed by atoms with Crippen molar-refractivity contribution in [2.45, 2.75) is 32.2 Å². The summed E-state index contributed by atoms with van der Waals surface area (Å²) in [5.74, 6) is 2.55. The van der Waals surface area contributed by atoms with E-state index in [0.29, 0.717) is 12.3 Å². The Morgan fingerprint density at radius 2 is 2.03 bits per heavy atom. The molecule has 2 atom stereocenters. The molecule has 0 saturated carbocycles. The quantitative estimate of drug-likeness (QED) is 0.346. The van der Waals surface area contributed by atoms with Gasteiger partial charge in [-0.15, -0.1) is 24.0 Å². The number of halogens is 1. The number of nitrogens with one attached hydrogen (secondary N) is 2. The van der Waals surface area contributed by atoms with Gasteiger partial charge < -0.3 is 25.2 Å². The van der Waals surface area contributed by atoms with Crippen molar-refractivity contribution in [2.24, 2.45) is 10.9 Å².